The van der Waals surface area contributed by atoms with Gasteiger partial charge in [0.2, 0.25) is 0 Å². The molecular formula is C11H19N5. The molecule has 0 unspecified atom stereocenters. The smallest absolute Gasteiger partial charge is 0.193 e. The zero-order valence-electron chi connectivity index (χ0n) is 9.32. The van der Waals surface area contributed by atoms with E-state index in [4.69, 9.17) is 11.5 Å². The van der Waals surface area contributed by atoms with Crippen LogP contribution in [0.25, 0.3) is 0 Å². The van der Waals surface area contributed by atoms with Crippen molar-refractivity contribution in [1.82, 2.24) is 5.32 Å². The molecule has 0 aliphatic heterocycles. The topological polar surface area (TPSA) is 88.5 Å². The fraction of sp³-hybridized carbons (Fsp3) is 0.364. The second-order valence-electron chi connectivity index (χ2n) is 3.30. The highest BCUT2D eigenvalue weighted by Crippen LogP contribution is 2.03. The molecule has 1 rings (SSSR count). The van der Waals surface area contributed by atoms with Crippen LogP contribution in [0.5, 0.6) is 0 Å². The third-order valence-electron chi connectivity index (χ3n) is 1.94. The summed E-state index contributed by atoms with van der Waals surface area (Å²) in [6.45, 7) is 2.88. The van der Waals surface area contributed by atoms with E-state index in [-0.39, 0.29) is 0 Å². The van der Waals surface area contributed by atoms with Gasteiger partial charge in [-0.3, -0.25) is 4.99 Å². The van der Waals surface area contributed by atoms with E-state index in [0.29, 0.717) is 19.0 Å². The van der Waals surface area contributed by atoms with Gasteiger partial charge in [-0.25, -0.2) is 0 Å². The Morgan fingerprint density at radius 1 is 1.19 bits per heavy atom. The Morgan fingerprint density at radius 3 is 2.62 bits per heavy atom. The quantitative estimate of drug-likeness (QED) is 0.308. The van der Waals surface area contributed by atoms with Crippen LogP contribution < -0.4 is 22.1 Å². The van der Waals surface area contributed by atoms with E-state index in [1.165, 1.54) is 0 Å². The predicted octanol–water partition coefficient (Wildman–Crippen LogP) is -0.0385. The monoisotopic (exact) mass is 221 g/mol. The Kier molecular flexibility index (Phi) is 5.98. The van der Waals surface area contributed by atoms with Gasteiger partial charge >= 0.3 is 0 Å². The minimum atomic E-state index is 0.431. The SMILES string of the molecule is NCCNCCN=C(N)Nc1ccccc1. The van der Waals surface area contributed by atoms with Crippen molar-refractivity contribution >= 4 is 11.6 Å². The molecule has 5 heteroatoms. The highest BCUT2D eigenvalue weighted by atomic mass is 15.1. The first-order valence-corrected chi connectivity index (χ1v) is 5.35. The molecule has 0 heterocycles. The molecule has 0 bridgehead atoms. The largest absolute Gasteiger partial charge is 0.370 e. The minimum Gasteiger partial charge on any atom is -0.370 e. The summed E-state index contributed by atoms with van der Waals surface area (Å²) < 4.78 is 0. The lowest BCUT2D eigenvalue weighted by atomic mass is 10.3. The number of aliphatic imine (C=N–C) groups is 1. The maximum absolute atomic E-state index is 5.71. The van der Waals surface area contributed by atoms with Gasteiger partial charge in [-0.1, -0.05) is 18.2 Å². The van der Waals surface area contributed by atoms with Crippen LogP contribution in [-0.4, -0.2) is 32.1 Å². The molecule has 0 saturated heterocycles. The maximum Gasteiger partial charge on any atom is 0.193 e. The minimum absolute atomic E-state index is 0.431. The molecule has 0 spiro atoms. The van der Waals surface area contributed by atoms with Crippen LogP contribution in [0.1, 0.15) is 0 Å². The van der Waals surface area contributed by atoms with Crippen molar-refractivity contribution < 1.29 is 0 Å². The number of benzene rings is 1. The van der Waals surface area contributed by atoms with Gasteiger partial charge < -0.3 is 22.1 Å². The van der Waals surface area contributed by atoms with Gasteiger partial charge in [0.1, 0.15) is 0 Å². The molecular weight excluding hydrogens is 202 g/mol. The van der Waals surface area contributed by atoms with Crippen molar-refractivity contribution in [1.29, 1.82) is 0 Å². The fourth-order valence-electron chi connectivity index (χ4n) is 1.19. The van der Waals surface area contributed by atoms with Crippen LogP contribution in [-0.2, 0) is 0 Å². The Balaban J connectivity index is 2.24. The van der Waals surface area contributed by atoms with Crippen molar-refractivity contribution in [2.45, 2.75) is 0 Å². The molecule has 0 saturated carbocycles. The van der Waals surface area contributed by atoms with Crippen LogP contribution >= 0.6 is 0 Å². The number of anilines is 1. The van der Waals surface area contributed by atoms with Gasteiger partial charge in [-0.05, 0) is 12.1 Å². The van der Waals surface area contributed by atoms with Crippen LogP contribution in [0.2, 0.25) is 0 Å². The second kappa shape index (κ2) is 7.67. The summed E-state index contributed by atoms with van der Waals surface area (Å²) in [4.78, 5) is 4.17. The van der Waals surface area contributed by atoms with E-state index in [1.54, 1.807) is 0 Å². The summed E-state index contributed by atoms with van der Waals surface area (Å²) >= 11 is 0. The predicted molar refractivity (Wildman–Crippen MR) is 68.5 cm³/mol. The third kappa shape index (κ3) is 5.33. The number of hydrogen-bond acceptors (Lipinski definition) is 3. The fourth-order valence-corrected chi connectivity index (χ4v) is 1.19. The molecule has 0 fully saturated rings. The number of rotatable bonds is 6. The lowest BCUT2D eigenvalue weighted by Gasteiger charge is -2.05. The number of para-hydroxylation sites is 1. The Morgan fingerprint density at radius 2 is 1.94 bits per heavy atom. The van der Waals surface area contributed by atoms with Crippen molar-refractivity contribution in [2.75, 3.05) is 31.5 Å². The van der Waals surface area contributed by atoms with Gasteiger partial charge in [0, 0.05) is 25.3 Å². The van der Waals surface area contributed by atoms with Gasteiger partial charge in [0.25, 0.3) is 0 Å². The lowest BCUT2D eigenvalue weighted by molar-refractivity contribution is 0.696. The molecule has 6 N–H and O–H groups in total. The average Bonchev–Trinajstić information content (AvgIpc) is 2.30. The Hall–Kier alpha value is -1.59. The van der Waals surface area contributed by atoms with Gasteiger partial charge in [-0.2, -0.15) is 0 Å². The molecule has 1 aromatic carbocycles. The highest BCUT2D eigenvalue weighted by Gasteiger charge is 1.92. The summed E-state index contributed by atoms with van der Waals surface area (Å²) in [5.41, 5.74) is 12.0. The third-order valence-corrected chi connectivity index (χ3v) is 1.94. The lowest BCUT2D eigenvalue weighted by Crippen LogP contribution is -2.27. The molecule has 0 aromatic heterocycles. The van der Waals surface area contributed by atoms with Crippen LogP contribution in [0, 0.1) is 0 Å². The van der Waals surface area contributed by atoms with Crippen molar-refractivity contribution in [3.8, 4) is 0 Å². The number of nitrogens with one attached hydrogen (secondary N) is 2. The number of guanidine groups is 1. The van der Waals surface area contributed by atoms with E-state index >= 15 is 0 Å². The molecule has 16 heavy (non-hydrogen) atoms. The first-order chi connectivity index (χ1) is 7.83. The summed E-state index contributed by atoms with van der Waals surface area (Å²) in [5, 5.41) is 6.15. The van der Waals surface area contributed by atoms with Gasteiger partial charge in [-0.15, -0.1) is 0 Å². The van der Waals surface area contributed by atoms with Gasteiger partial charge in [0.15, 0.2) is 5.96 Å². The molecule has 5 nitrogen and oxygen atoms in total. The zero-order valence-corrected chi connectivity index (χ0v) is 9.32. The van der Waals surface area contributed by atoms with E-state index in [9.17, 15) is 0 Å². The van der Waals surface area contributed by atoms with Gasteiger partial charge in [0.05, 0.1) is 6.54 Å². The summed E-state index contributed by atoms with van der Waals surface area (Å²) in [7, 11) is 0. The van der Waals surface area contributed by atoms with Crippen molar-refractivity contribution in [3.05, 3.63) is 30.3 Å². The summed E-state index contributed by atoms with van der Waals surface area (Å²) in [6, 6.07) is 9.72. The van der Waals surface area contributed by atoms with Crippen LogP contribution in [0.3, 0.4) is 0 Å². The summed E-state index contributed by atoms with van der Waals surface area (Å²) in [5.74, 6) is 0.431. The number of nitrogens with zero attached hydrogens (tertiary/aromatic N) is 1. The normalized spacial score (nSPS) is 11.4. The first-order valence-electron chi connectivity index (χ1n) is 5.35. The number of hydrogen-bond donors (Lipinski definition) is 4. The van der Waals surface area contributed by atoms with Crippen molar-refractivity contribution in [3.63, 3.8) is 0 Å². The highest BCUT2D eigenvalue weighted by molar-refractivity contribution is 5.92. The number of nitrogens with two attached hydrogens (primary N) is 2. The Labute approximate surface area is 95.9 Å². The Bertz CT molecular complexity index is 309. The molecule has 0 atom stereocenters. The molecule has 88 valence electrons. The van der Waals surface area contributed by atoms with E-state index in [0.717, 1.165) is 18.8 Å². The van der Waals surface area contributed by atoms with Crippen LogP contribution in [0.4, 0.5) is 5.69 Å². The van der Waals surface area contributed by atoms with E-state index in [2.05, 4.69) is 15.6 Å². The molecule has 1 aromatic rings. The summed E-state index contributed by atoms with van der Waals surface area (Å²) in [6.07, 6.45) is 0. The van der Waals surface area contributed by atoms with E-state index < -0.39 is 0 Å². The van der Waals surface area contributed by atoms with Crippen molar-refractivity contribution in [2.24, 2.45) is 16.5 Å². The zero-order chi connectivity index (χ0) is 11.6. The average molecular weight is 221 g/mol. The molecule has 0 amide bonds. The first kappa shape index (κ1) is 12.5. The molecule has 0 radical (unpaired) electrons. The second-order valence-corrected chi connectivity index (χ2v) is 3.30. The standard InChI is InChI=1S/C11H19N5/c12-6-7-14-8-9-15-11(13)16-10-4-2-1-3-5-10/h1-5,14H,6-9,12H2,(H3,13,15,16). The van der Waals surface area contributed by atoms with Crippen LogP contribution in [0.15, 0.2) is 35.3 Å². The van der Waals surface area contributed by atoms with E-state index in [1.807, 2.05) is 30.3 Å². The molecule has 0 aliphatic rings. The maximum atomic E-state index is 5.71. The molecule has 0 aliphatic carbocycles.